The number of halogens is 2. The Morgan fingerprint density at radius 3 is 2.55 bits per heavy atom. The Morgan fingerprint density at radius 2 is 2.00 bits per heavy atom. The Kier molecular flexibility index (Phi) is 7.11. The average molecular weight is 286 g/mol. The van der Waals surface area contributed by atoms with Crippen molar-refractivity contribution in [2.45, 2.75) is 13.5 Å². The Bertz CT molecular complexity index is 421. The van der Waals surface area contributed by atoms with Crippen LogP contribution in [-0.4, -0.2) is 44.2 Å². The van der Waals surface area contributed by atoms with E-state index in [4.69, 9.17) is 4.74 Å². The van der Waals surface area contributed by atoms with E-state index in [9.17, 15) is 13.6 Å². The Balaban J connectivity index is 2.60. The average Bonchev–Trinajstić information content (AvgIpc) is 2.43. The highest BCUT2D eigenvalue weighted by molar-refractivity contribution is 5.78. The summed E-state index contributed by atoms with van der Waals surface area (Å²) < 4.78 is 32.0. The Labute approximate surface area is 117 Å². The van der Waals surface area contributed by atoms with Gasteiger partial charge >= 0.3 is 0 Å². The number of hydrogen-bond acceptors (Lipinski definition) is 3. The van der Waals surface area contributed by atoms with Crippen molar-refractivity contribution in [3.63, 3.8) is 0 Å². The normalized spacial score (nSPS) is 10.6. The van der Waals surface area contributed by atoms with Crippen LogP contribution in [0.25, 0.3) is 0 Å². The van der Waals surface area contributed by atoms with Crippen molar-refractivity contribution in [2.24, 2.45) is 0 Å². The monoisotopic (exact) mass is 286 g/mol. The first kappa shape index (κ1) is 16.5. The maximum atomic E-state index is 13.6. The lowest BCUT2D eigenvalue weighted by Crippen LogP contribution is -2.38. The molecule has 0 heterocycles. The predicted octanol–water partition coefficient (Wildman–Crippen LogP) is 1.55. The molecule has 20 heavy (non-hydrogen) atoms. The van der Waals surface area contributed by atoms with Gasteiger partial charge in [0.1, 0.15) is 11.6 Å². The van der Waals surface area contributed by atoms with E-state index in [-0.39, 0.29) is 24.6 Å². The third-order valence-electron chi connectivity index (χ3n) is 2.90. The highest BCUT2D eigenvalue weighted by Gasteiger charge is 2.16. The van der Waals surface area contributed by atoms with Gasteiger partial charge in [-0.1, -0.05) is 6.07 Å². The van der Waals surface area contributed by atoms with Gasteiger partial charge in [0, 0.05) is 25.8 Å². The molecule has 0 radical (unpaired) electrons. The molecule has 0 unspecified atom stereocenters. The van der Waals surface area contributed by atoms with Gasteiger partial charge in [-0.25, -0.2) is 8.78 Å². The second-order valence-corrected chi connectivity index (χ2v) is 4.28. The summed E-state index contributed by atoms with van der Waals surface area (Å²) in [7, 11) is 1.57. The van der Waals surface area contributed by atoms with Crippen LogP contribution in [0.1, 0.15) is 12.5 Å². The lowest BCUT2D eigenvalue weighted by atomic mass is 10.2. The Hall–Kier alpha value is -1.53. The summed E-state index contributed by atoms with van der Waals surface area (Å²) in [6.45, 7) is 3.26. The van der Waals surface area contributed by atoms with Gasteiger partial charge in [-0.3, -0.25) is 4.79 Å². The standard InChI is InChI=1S/C14H20F2N2O2/c1-3-18(14(19)9-17-7-8-20-2)10-11-12(15)5-4-6-13(11)16/h4-6,17H,3,7-10H2,1-2H3. The van der Waals surface area contributed by atoms with Crippen LogP contribution in [0.2, 0.25) is 0 Å². The molecule has 1 aromatic rings. The van der Waals surface area contributed by atoms with Crippen LogP contribution in [0.3, 0.4) is 0 Å². The highest BCUT2D eigenvalue weighted by Crippen LogP contribution is 2.14. The Morgan fingerprint density at radius 1 is 1.35 bits per heavy atom. The van der Waals surface area contributed by atoms with Crippen LogP contribution in [0, 0.1) is 11.6 Å². The maximum Gasteiger partial charge on any atom is 0.236 e. The molecular formula is C14H20F2N2O2. The maximum absolute atomic E-state index is 13.6. The van der Waals surface area contributed by atoms with Crippen molar-refractivity contribution in [2.75, 3.05) is 33.4 Å². The van der Waals surface area contributed by atoms with E-state index >= 15 is 0 Å². The minimum atomic E-state index is -0.636. The number of ether oxygens (including phenoxy) is 1. The molecule has 0 aliphatic heterocycles. The zero-order valence-corrected chi connectivity index (χ0v) is 11.8. The summed E-state index contributed by atoms with van der Waals surface area (Å²) in [4.78, 5) is 13.3. The molecule has 0 fully saturated rings. The first-order valence-electron chi connectivity index (χ1n) is 6.50. The largest absolute Gasteiger partial charge is 0.383 e. The van der Waals surface area contributed by atoms with Gasteiger partial charge in [0.15, 0.2) is 0 Å². The molecule has 0 aliphatic carbocycles. The van der Waals surface area contributed by atoms with Gasteiger partial charge in [0.05, 0.1) is 19.7 Å². The number of methoxy groups -OCH3 is 1. The molecule has 0 saturated heterocycles. The van der Waals surface area contributed by atoms with Crippen LogP contribution < -0.4 is 5.32 Å². The van der Waals surface area contributed by atoms with Crippen molar-refractivity contribution in [1.29, 1.82) is 0 Å². The van der Waals surface area contributed by atoms with Crippen molar-refractivity contribution in [3.8, 4) is 0 Å². The molecule has 6 heteroatoms. The van der Waals surface area contributed by atoms with Crippen molar-refractivity contribution < 1.29 is 18.3 Å². The molecular weight excluding hydrogens is 266 g/mol. The van der Waals surface area contributed by atoms with Crippen molar-refractivity contribution >= 4 is 5.91 Å². The van der Waals surface area contributed by atoms with Crippen molar-refractivity contribution in [3.05, 3.63) is 35.4 Å². The summed E-state index contributed by atoms with van der Waals surface area (Å²) in [5.41, 5.74) is -0.0837. The minimum Gasteiger partial charge on any atom is -0.383 e. The van der Waals surface area contributed by atoms with Gasteiger partial charge in [-0.2, -0.15) is 0 Å². The fraction of sp³-hybridized carbons (Fsp3) is 0.500. The first-order chi connectivity index (χ1) is 9.60. The fourth-order valence-electron chi connectivity index (χ4n) is 1.73. The molecule has 1 aromatic carbocycles. The molecule has 1 amide bonds. The summed E-state index contributed by atoms with van der Waals surface area (Å²) in [6.07, 6.45) is 0. The second kappa shape index (κ2) is 8.60. The molecule has 0 bridgehead atoms. The van der Waals surface area contributed by atoms with E-state index in [1.807, 2.05) is 0 Å². The van der Waals surface area contributed by atoms with Gasteiger partial charge in [0.25, 0.3) is 0 Å². The third-order valence-corrected chi connectivity index (χ3v) is 2.90. The van der Waals surface area contributed by atoms with Crippen LogP contribution >= 0.6 is 0 Å². The van der Waals surface area contributed by atoms with Crippen LogP contribution in [0.4, 0.5) is 8.78 Å². The molecule has 1 rings (SSSR count). The zero-order valence-electron chi connectivity index (χ0n) is 11.8. The van der Waals surface area contributed by atoms with Crippen LogP contribution in [0.5, 0.6) is 0 Å². The van der Waals surface area contributed by atoms with E-state index < -0.39 is 11.6 Å². The number of hydrogen-bond donors (Lipinski definition) is 1. The smallest absolute Gasteiger partial charge is 0.236 e. The highest BCUT2D eigenvalue weighted by atomic mass is 19.1. The number of rotatable bonds is 8. The third kappa shape index (κ3) is 4.86. The number of nitrogens with one attached hydrogen (secondary N) is 1. The van der Waals surface area contributed by atoms with E-state index in [2.05, 4.69) is 5.32 Å². The predicted molar refractivity (Wildman–Crippen MR) is 72.2 cm³/mol. The van der Waals surface area contributed by atoms with Crippen molar-refractivity contribution in [1.82, 2.24) is 10.2 Å². The number of carbonyl (C=O) groups excluding carboxylic acids is 1. The van der Waals surface area contributed by atoms with Gasteiger partial charge in [-0.15, -0.1) is 0 Å². The SMILES string of the molecule is CCN(Cc1c(F)cccc1F)C(=O)CNCCOC. The summed E-state index contributed by atoms with van der Waals surface area (Å²) in [6, 6.07) is 3.68. The fourth-order valence-corrected chi connectivity index (χ4v) is 1.73. The number of carbonyl (C=O) groups is 1. The molecule has 0 aliphatic rings. The van der Waals surface area contributed by atoms with Crippen LogP contribution in [-0.2, 0) is 16.1 Å². The molecule has 0 aromatic heterocycles. The summed E-state index contributed by atoms with van der Waals surface area (Å²) in [5.74, 6) is -1.47. The lowest BCUT2D eigenvalue weighted by Gasteiger charge is -2.21. The number of benzene rings is 1. The van der Waals surface area contributed by atoms with E-state index in [1.54, 1.807) is 14.0 Å². The molecule has 4 nitrogen and oxygen atoms in total. The topological polar surface area (TPSA) is 41.6 Å². The number of amides is 1. The van der Waals surface area contributed by atoms with E-state index in [1.165, 1.54) is 23.1 Å². The molecule has 1 N–H and O–H groups in total. The molecule has 0 atom stereocenters. The number of likely N-dealkylation sites (N-methyl/N-ethyl adjacent to an activating group) is 1. The van der Waals surface area contributed by atoms with Gasteiger partial charge < -0.3 is 15.0 Å². The summed E-state index contributed by atoms with van der Waals surface area (Å²) in [5, 5.41) is 2.91. The zero-order chi connectivity index (χ0) is 15.0. The molecule has 0 saturated carbocycles. The lowest BCUT2D eigenvalue weighted by molar-refractivity contribution is -0.130. The first-order valence-corrected chi connectivity index (χ1v) is 6.50. The minimum absolute atomic E-state index is 0.0696. The second-order valence-electron chi connectivity index (χ2n) is 4.28. The van der Waals surface area contributed by atoms with E-state index in [0.29, 0.717) is 19.7 Å². The molecule has 112 valence electrons. The van der Waals surface area contributed by atoms with Gasteiger partial charge in [-0.05, 0) is 19.1 Å². The number of nitrogens with zero attached hydrogens (tertiary/aromatic N) is 1. The quantitative estimate of drug-likeness (QED) is 0.737. The summed E-state index contributed by atoms with van der Waals surface area (Å²) >= 11 is 0. The molecule has 0 spiro atoms. The van der Waals surface area contributed by atoms with E-state index in [0.717, 1.165) is 0 Å². The van der Waals surface area contributed by atoms with Crippen LogP contribution in [0.15, 0.2) is 18.2 Å². The van der Waals surface area contributed by atoms with Gasteiger partial charge in [0.2, 0.25) is 5.91 Å².